The molecule has 2 heterocycles. The number of nitrogens with zero attached hydrogens (tertiary/aromatic N) is 2. The topological polar surface area (TPSA) is 149 Å². The minimum Gasteiger partial charge on any atom is -0.480 e. The number of benzene rings is 2. The van der Waals surface area contributed by atoms with Gasteiger partial charge in [0.15, 0.2) is 0 Å². The van der Waals surface area contributed by atoms with E-state index < -0.39 is 35.6 Å². The van der Waals surface area contributed by atoms with Crippen molar-refractivity contribution in [3.05, 3.63) is 59.7 Å². The van der Waals surface area contributed by atoms with Gasteiger partial charge in [-0.3, -0.25) is 24.1 Å². The van der Waals surface area contributed by atoms with Crippen molar-refractivity contribution in [3.8, 4) is 11.5 Å². The Hall–Kier alpha value is -3.67. The van der Waals surface area contributed by atoms with E-state index in [0.29, 0.717) is 75.3 Å². The Balaban J connectivity index is 0.00000520. The molecule has 0 aromatic heterocycles. The van der Waals surface area contributed by atoms with E-state index in [1.54, 1.807) is 24.3 Å². The standard InChI is InChI=1S/C36H48N4O7.ClH/c1-2-3-7-20-40-33(44)30(23-35(46)16-5-4-6-17-35)38-34(45)36(40)18-21-39(22-19-36)25-26-8-12-28(13-9-26)47-29-14-10-27(11-15-29)32(43)37-24-31(41)42;/h8-15,30,46H,2-7,16-25H2,1H3,(H,37,43)(H,38,45)(H,41,42);1H/t30-;/m1./s1. The monoisotopic (exact) mass is 684 g/mol. The van der Waals surface area contributed by atoms with Crippen molar-refractivity contribution in [3.63, 3.8) is 0 Å². The number of hydrogen-bond donors (Lipinski definition) is 4. The molecule has 1 spiro atoms. The number of halogens is 1. The predicted octanol–water partition coefficient (Wildman–Crippen LogP) is 4.65. The quantitative estimate of drug-likeness (QED) is 0.223. The van der Waals surface area contributed by atoms with Crippen LogP contribution in [0, 0.1) is 0 Å². The molecule has 2 aromatic rings. The van der Waals surface area contributed by atoms with E-state index in [1.807, 2.05) is 29.2 Å². The Morgan fingerprint density at radius 1 is 0.938 bits per heavy atom. The second-order valence-corrected chi connectivity index (χ2v) is 13.4. The van der Waals surface area contributed by atoms with Crippen molar-refractivity contribution >= 4 is 36.1 Å². The average molecular weight is 685 g/mol. The van der Waals surface area contributed by atoms with Crippen molar-refractivity contribution in [2.45, 2.75) is 101 Å². The number of carboxylic acid groups (broad SMARTS) is 1. The van der Waals surface area contributed by atoms with E-state index in [1.165, 1.54) is 0 Å². The zero-order chi connectivity index (χ0) is 33.4. The number of piperidine rings is 1. The molecule has 0 radical (unpaired) electrons. The van der Waals surface area contributed by atoms with Gasteiger partial charge in [0, 0.05) is 38.2 Å². The number of amides is 3. The highest BCUT2D eigenvalue weighted by atomic mass is 35.5. The van der Waals surface area contributed by atoms with Gasteiger partial charge in [-0.1, -0.05) is 51.2 Å². The third-order valence-electron chi connectivity index (χ3n) is 9.93. The number of hydrogen-bond acceptors (Lipinski definition) is 7. The number of carboxylic acids is 1. The molecule has 1 aliphatic carbocycles. The summed E-state index contributed by atoms with van der Waals surface area (Å²) in [7, 11) is 0. The van der Waals surface area contributed by atoms with Crippen molar-refractivity contribution in [2.24, 2.45) is 0 Å². The van der Waals surface area contributed by atoms with Crippen LogP contribution < -0.4 is 15.4 Å². The number of ether oxygens (including phenoxy) is 1. The highest BCUT2D eigenvalue weighted by Crippen LogP contribution is 2.38. The first-order chi connectivity index (χ1) is 22.6. The van der Waals surface area contributed by atoms with E-state index in [0.717, 1.165) is 44.1 Å². The third-order valence-corrected chi connectivity index (χ3v) is 9.93. The van der Waals surface area contributed by atoms with Crippen LogP contribution in [0.3, 0.4) is 0 Å². The maximum atomic E-state index is 13.9. The zero-order valence-corrected chi connectivity index (χ0v) is 28.6. The maximum absolute atomic E-state index is 13.9. The van der Waals surface area contributed by atoms with Gasteiger partial charge in [0.1, 0.15) is 29.6 Å². The second kappa shape index (κ2) is 16.6. The third kappa shape index (κ3) is 9.06. The van der Waals surface area contributed by atoms with Crippen LogP contribution >= 0.6 is 12.4 Å². The van der Waals surface area contributed by atoms with E-state index in [4.69, 9.17) is 9.84 Å². The summed E-state index contributed by atoms with van der Waals surface area (Å²) in [6, 6.07) is 13.6. The number of rotatable bonds is 13. The number of aliphatic hydroxyl groups is 1. The van der Waals surface area contributed by atoms with Crippen LogP contribution in [0.4, 0.5) is 0 Å². The van der Waals surface area contributed by atoms with Gasteiger partial charge in [-0.05, 0) is 74.1 Å². The van der Waals surface area contributed by atoms with Gasteiger partial charge < -0.3 is 30.5 Å². The maximum Gasteiger partial charge on any atom is 0.322 e. The van der Waals surface area contributed by atoms with Gasteiger partial charge in [-0.2, -0.15) is 0 Å². The molecule has 3 aliphatic rings. The molecule has 1 saturated carbocycles. The molecular weight excluding hydrogens is 636 g/mol. The molecule has 3 amide bonds. The molecule has 5 rings (SSSR count). The lowest BCUT2D eigenvalue weighted by Gasteiger charge is -2.52. The molecule has 12 heteroatoms. The fourth-order valence-corrected chi connectivity index (χ4v) is 7.22. The van der Waals surface area contributed by atoms with Crippen molar-refractivity contribution in [1.29, 1.82) is 0 Å². The molecule has 2 aromatic carbocycles. The second-order valence-electron chi connectivity index (χ2n) is 13.4. The van der Waals surface area contributed by atoms with Gasteiger partial charge >= 0.3 is 5.97 Å². The summed E-state index contributed by atoms with van der Waals surface area (Å²) >= 11 is 0. The van der Waals surface area contributed by atoms with Crippen LogP contribution in [0.1, 0.15) is 93.5 Å². The number of likely N-dealkylation sites (tertiary alicyclic amines) is 1. The lowest BCUT2D eigenvalue weighted by molar-refractivity contribution is -0.163. The molecule has 3 fully saturated rings. The molecule has 2 saturated heterocycles. The van der Waals surface area contributed by atoms with E-state index in [-0.39, 0.29) is 24.2 Å². The summed E-state index contributed by atoms with van der Waals surface area (Å²) in [6.07, 6.45) is 8.69. The van der Waals surface area contributed by atoms with E-state index in [9.17, 15) is 24.3 Å². The van der Waals surface area contributed by atoms with Crippen molar-refractivity contribution in [2.75, 3.05) is 26.2 Å². The first-order valence-electron chi connectivity index (χ1n) is 17.0. The Morgan fingerprint density at radius 2 is 1.56 bits per heavy atom. The number of carbonyl (C=O) groups is 4. The van der Waals surface area contributed by atoms with Crippen LogP contribution in [-0.2, 0) is 20.9 Å². The highest BCUT2D eigenvalue weighted by Gasteiger charge is 2.54. The molecule has 4 N–H and O–H groups in total. The number of aliphatic carboxylic acids is 1. The van der Waals surface area contributed by atoms with Gasteiger partial charge in [-0.25, -0.2) is 0 Å². The number of nitrogens with one attached hydrogen (secondary N) is 2. The molecule has 1 atom stereocenters. The Kier molecular flexibility index (Phi) is 12.9. The largest absolute Gasteiger partial charge is 0.480 e. The van der Waals surface area contributed by atoms with Crippen LogP contribution in [0.25, 0.3) is 0 Å². The fraction of sp³-hybridized carbons (Fsp3) is 0.556. The normalized spacial score (nSPS) is 20.5. The van der Waals surface area contributed by atoms with E-state index >= 15 is 0 Å². The summed E-state index contributed by atoms with van der Waals surface area (Å²) in [4.78, 5) is 54.6. The predicted molar refractivity (Wildman–Crippen MR) is 183 cm³/mol. The summed E-state index contributed by atoms with van der Waals surface area (Å²) in [5.41, 5.74) is -0.294. The van der Waals surface area contributed by atoms with Crippen LogP contribution in [0.5, 0.6) is 11.5 Å². The SMILES string of the molecule is CCCCCN1C(=O)[C@@H](CC2(O)CCCCC2)NC(=O)C12CCN(Cc1ccc(Oc3ccc(C(=O)NCC(=O)O)cc3)cc1)CC2.Cl. The van der Waals surface area contributed by atoms with Crippen molar-refractivity contribution in [1.82, 2.24) is 20.4 Å². The first-order valence-corrected chi connectivity index (χ1v) is 17.0. The van der Waals surface area contributed by atoms with Crippen LogP contribution in [0.15, 0.2) is 48.5 Å². The molecule has 2 aliphatic heterocycles. The Morgan fingerprint density at radius 3 is 2.17 bits per heavy atom. The number of carbonyl (C=O) groups excluding carboxylic acids is 3. The molecular formula is C36H49ClN4O7. The van der Waals surface area contributed by atoms with Gasteiger partial charge in [0.05, 0.1) is 5.60 Å². The van der Waals surface area contributed by atoms with Gasteiger partial charge in [0.25, 0.3) is 5.91 Å². The summed E-state index contributed by atoms with van der Waals surface area (Å²) in [5.74, 6) is -0.503. The number of unbranched alkanes of at least 4 members (excludes halogenated alkanes) is 2. The molecule has 0 bridgehead atoms. The minimum atomic E-state index is -1.11. The van der Waals surface area contributed by atoms with E-state index in [2.05, 4.69) is 22.5 Å². The smallest absolute Gasteiger partial charge is 0.322 e. The Bertz CT molecular complexity index is 1400. The number of piperazine rings is 1. The summed E-state index contributed by atoms with van der Waals surface area (Å²) in [6.45, 7) is 4.33. The zero-order valence-electron chi connectivity index (χ0n) is 27.7. The van der Waals surface area contributed by atoms with Gasteiger partial charge in [0.2, 0.25) is 11.8 Å². The van der Waals surface area contributed by atoms with Crippen molar-refractivity contribution < 1.29 is 34.1 Å². The molecule has 262 valence electrons. The average Bonchev–Trinajstić information content (AvgIpc) is 3.06. The van der Waals surface area contributed by atoms with Crippen LogP contribution in [0.2, 0.25) is 0 Å². The molecule has 11 nitrogen and oxygen atoms in total. The first kappa shape index (κ1) is 37.2. The van der Waals surface area contributed by atoms with Crippen LogP contribution in [-0.4, -0.2) is 87.1 Å². The van der Waals surface area contributed by atoms with Gasteiger partial charge in [-0.15, -0.1) is 12.4 Å². The molecule has 0 unspecified atom stereocenters. The lowest BCUT2D eigenvalue weighted by Crippen LogP contribution is -2.73. The lowest BCUT2D eigenvalue weighted by atomic mass is 9.77. The minimum absolute atomic E-state index is 0. The summed E-state index contributed by atoms with van der Waals surface area (Å²) < 4.78 is 5.93. The highest BCUT2D eigenvalue weighted by molar-refractivity contribution is 6.00. The fourth-order valence-electron chi connectivity index (χ4n) is 7.22. The molecule has 48 heavy (non-hydrogen) atoms. The Labute approximate surface area is 288 Å². The summed E-state index contributed by atoms with van der Waals surface area (Å²) in [5, 5.41) is 25.3.